The average molecular weight is 393 g/mol. The molecule has 1 aromatic heterocycles. The first-order chi connectivity index (χ1) is 15.4. The minimum absolute atomic E-state index is 1.17. The Hall–Kier alpha value is -4.10. The molecule has 0 bridgehead atoms. The number of benzene rings is 6. The lowest BCUT2D eigenvalue weighted by molar-refractivity contribution is 1.49. The molecule has 0 aliphatic carbocycles. The summed E-state index contributed by atoms with van der Waals surface area (Å²) in [5.41, 5.74) is 3.66. The third-order valence-corrected chi connectivity index (χ3v) is 6.56. The normalized spacial score (nSPS) is 11.9. The van der Waals surface area contributed by atoms with Crippen molar-refractivity contribution in [2.45, 2.75) is 0 Å². The number of aromatic nitrogens is 1. The predicted molar refractivity (Wildman–Crippen MR) is 134 cm³/mol. The van der Waals surface area contributed by atoms with Crippen LogP contribution in [-0.2, 0) is 0 Å². The highest BCUT2D eigenvalue weighted by Crippen LogP contribution is 2.41. The number of aromatic amines is 1. The summed E-state index contributed by atoms with van der Waals surface area (Å²) in [6, 6.07) is 39.5. The summed E-state index contributed by atoms with van der Waals surface area (Å²) in [7, 11) is 0. The second-order valence-electron chi connectivity index (χ2n) is 8.26. The predicted octanol–water partition coefficient (Wildman–Crippen LogP) is 8.45. The van der Waals surface area contributed by atoms with Gasteiger partial charge in [0.05, 0.1) is 5.52 Å². The van der Waals surface area contributed by atoms with Gasteiger partial charge in [-0.05, 0) is 49.8 Å². The van der Waals surface area contributed by atoms with Gasteiger partial charge in [-0.15, -0.1) is 0 Å². The van der Waals surface area contributed by atoms with E-state index in [1.165, 1.54) is 65.3 Å². The topological polar surface area (TPSA) is 15.8 Å². The Labute approximate surface area is 179 Å². The fraction of sp³-hybridized carbons (Fsp3) is 0. The van der Waals surface area contributed by atoms with Crippen LogP contribution in [0, 0.1) is 0 Å². The smallest absolute Gasteiger partial charge is 0.0544 e. The molecule has 1 heterocycles. The molecule has 0 radical (unpaired) electrons. The first-order valence-corrected chi connectivity index (χ1v) is 10.7. The molecule has 144 valence electrons. The molecule has 0 aliphatic heterocycles. The maximum Gasteiger partial charge on any atom is 0.0544 e. The Bertz CT molecular complexity index is 1660. The van der Waals surface area contributed by atoms with E-state index in [4.69, 9.17) is 0 Å². The van der Waals surface area contributed by atoms with Crippen LogP contribution in [0.3, 0.4) is 0 Å². The lowest BCUT2D eigenvalue weighted by Gasteiger charge is -2.10. The zero-order valence-electron chi connectivity index (χ0n) is 16.9. The van der Waals surface area contributed by atoms with Crippen LogP contribution >= 0.6 is 0 Å². The summed E-state index contributed by atoms with van der Waals surface area (Å²) in [6.45, 7) is 0. The summed E-state index contributed by atoms with van der Waals surface area (Å²) in [5.74, 6) is 0. The van der Waals surface area contributed by atoms with Crippen molar-refractivity contribution in [3.63, 3.8) is 0 Å². The van der Waals surface area contributed by atoms with Gasteiger partial charge in [0.25, 0.3) is 0 Å². The molecule has 7 rings (SSSR count). The molecule has 0 amide bonds. The van der Waals surface area contributed by atoms with Crippen molar-refractivity contribution < 1.29 is 0 Å². The quantitative estimate of drug-likeness (QED) is 0.213. The number of hydrogen-bond acceptors (Lipinski definition) is 0. The molecular weight excluding hydrogens is 374 g/mol. The molecule has 31 heavy (non-hydrogen) atoms. The summed E-state index contributed by atoms with van der Waals surface area (Å²) >= 11 is 0. The van der Waals surface area contributed by atoms with E-state index in [1.807, 2.05) is 0 Å². The summed E-state index contributed by atoms with van der Waals surface area (Å²) in [5, 5.41) is 11.5. The van der Waals surface area contributed by atoms with E-state index in [2.05, 4.69) is 114 Å². The number of fused-ring (bicyclic) bond motifs is 8. The Morgan fingerprint density at radius 1 is 0.387 bits per heavy atom. The van der Waals surface area contributed by atoms with Crippen LogP contribution in [-0.4, -0.2) is 4.98 Å². The number of hydrogen-bond donors (Lipinski definition) is 1. The molecule has 0 unspecified atom stereocenters. The Morgan fingerprint density at radius 2 is 0.839 bits per heavy atom. The first kappa shape index (κ1) is 16.7. The van der Waals surface area contributed by atoms with E-state index in [1.54, 1.807) is 0 Å². The molecule has 1 heteroatoms. The van der Waals surface area contributed by atoms with Crippen LogP contribution in [0.2, 0.25) is 0 Å². The fourth-order valence-electron chi connectivity index (χ4n) is 5.21. The van der Waals surface area contributed by atoms with Crippen LogP contribution in [0.4, 0.5) is 0 Å². The van der Waals surface area contributed by atoms with Crippen molar-refractivity contribution in [2.75, 3.05) is 0 Å². The highest BCUT2D eigenvalue weighted by Gasteiger charge is 2.15. The summed E-state index contributed by atoms with van der Waals surface area (Å²) < 4.78 is 0. The van der Waals surface area contributed by atoms with Gasteiger partial charge in [-0.25, -0.2) is 0 Å². The zero-order valence-corrected chi connectivity index (χ0v) is 16.9. The molecule has 6 aromatic carbocycles. The van der Waals surface area contributed by atoms with Crippen molar-refractivity contribution in [1.29, 1.82) is 0 Å². The molecule has 0 atom stereocenters. The molecule has 0 saturated carbocycles. The van der Waals surface area contributed by atoms with Gasteiger partial charge in [-0.2, -0.15) is 0 Å². The molecule has 0 aliphatic rings. The largest absolute Gasteiger partial charge is 0.354 e. The maximum absolute atomic E-state index is 3.83. The van der Waals surface area contributed by atoms with E-state index < -0.39 is 0 Å². The molecule has 1 nitrogen and oxygen atoms in total. The first-order valence-electron chi connectivity index (χ1n) is 10.7. The maximum atomic E-state index is 3.83. The second kappa shape index (κ2) is 6.20. The highest BCUT2D eigenvalue weighted by atomic mass is 14.7. The third kappa shape index (κ3) is 2.32. The minimum atomic E-state index is 1.17. The van der Waals surface area contributed by atoms with Gasteiger partial charge in [-0.3, -0.25) is 0 Å². The average Bonchev–Trinajstić information content (AvgIpc) is 3.28. The van der Waals surface area contributed by atoms with Gasteiger partial charge in [0, 0.05) is 22.0 Å². The SMILES string of the molecule is c1ccc2c(-c3cc4c5ccccc5c5ccccc5c4[nH]3)c3ccccc3cc2c1. The standard InChI is InChI=1S/C30H19N/c1-3-11-21-19(9-1)17-20-10-2-4-12-22(20)29(21)28-18-27-25-15-6-5-13-23(25)24-14-7-8-16-26(24)30(27)31-28/h1-18,31H. The van der Waals surface area contributed by atoms with Gasteiger partial charge < -0.3 is 4.98 Å². The zero-order chi connectivity index (χ0) is 20.4. The van der Waals surface area contributed by atoms with E-state index in [0.29, 0.717) is 0 Å². The molecule has 1 N–H and O–H groups in total. The van der Waals surface area contributed by atoms with Crippen molar-refractivity contribution >= 4 is 54.0 Å². The van der Waals surface area contributed by atoms with Crippen LogP contribution in [0.5, 0.6) is 0 Å². The summed E-state index contributed by atoms with van der Waals surface area (Å²) in [6.07, 6.45) is 0. The molecule has 7 aromatic rings. The monoisotopic (exact) mass is 393 g/mol. The molecule has 0 saturated heterocycles. The van der Waals surface area contributed by atoms with Crippen LogP contribution in [0.15, 0.2) is 109 Å². The van der Waals surface area contributed by atoms with E-state index in [-0.39, 0.29) is 0 Å². The van der Waals surface area contributed by atoms with Crippen molar-refractivity contribution in [2.24, 2.45) is 0 Å². The van der Waals surface area contributed by atoms with Crippen molar-refractivity contribution in [3.8, 4) is 11.3 Å². The lowest BCUT2D eigenvalue weighted by Crippen LogP contribution is -1.85. The molecule has 0 fully saturated rings. The van der Waals surface area contributed by atoms with Crippen molar-refractivity contribution in [3.05, 3.63) is 109 Å². The van der Waals surface area contributed by atoms with Gasteiger partial charge in [0.2, 0.25) is 0 Å². The van der Waals surface area contributed by atoms with Crippen LogP contribution in [0.1, 0.15) is 0 Å². The van der Waals surface area contributed by atoms with Gasteiger partial charge in [0.1, 0.15) is 0 Å². The second-order valence-corrected chi connectivity index (χ2v) is 8.26. The summed E-state index contributed by atoms with van der Waals surface area (Å²) in [4.78, 5) is 3.83. The minimum Gasteiger partial charge on any atom is -0.354 e. The number of nitrogens with one attached hydrogen (secondary N) is 1. The Kier molecular flexibility index (Phi) is 3.33. The van der Waals surface area contributed by atoms with Crippen LogP contribution in [0.25, 0.3) is 65.3 Å². The van der Waals surface area contributed by atoms with Crippen LogP contribution < -0.4 is 0 Å². The molecular formula is C30H19N. The highest BCUT2D eigenvalue weighted by molar-refractivity contribution is 6.26. The van der Waals surface area contributed by atoms with E-state index >= 15 is 0 Å². The Balaban J connectivity index is 1.70. The van der Waals surface area contributed by atoms with Gasteiger partial charge >= 0.3 is 0 Å². The third-order valence-electron chi connectivity index (χ3n) is 6.56. The van der Waals surface area contributed by atoms with Gasteiger partial charge in [-0.1, -0.05) is 97.1 Å². The van der Waals surface area contributed by atoms with E-state index in [9.17, 15) is 0 Å². The molecule has 0 spiro atoms. The lowest BCUT2D eigenvalue weighted by atomic mass is 9.94. The fourth-order valence-corrected chi connectivity index (χ4v) is 5.21. The number of rotatable bonds is 1. The van der Waals surface area contributed by atoms with E-state index in [0.717, 1.165) is 0 Å². The van der Waals surface area contributed by atoms with Crippen molar-refractivity contribution in [1.82, 2.24) is 4.98 Å². The Morgan fingerprint density at radius 3 is 1.45 bits per heavy atom. The van der Waals surface area contributed by atoms with Gasteiger partial charge in [0.15, 0.2) is 0 Å². The number of H-pyrrole nitrogens is 1.